The summed E-state index contributed by atoms with van der Waals surface area (Å²) < 4.78 is 16.0. The molecule has 0 radical (unpaired) electrons. The van der Waals surface area contributed by atoms with Crippen molar-refractivity contribution in [2.45, 2.75) is 0 Å². The third kappa shape index (κ3) is 2.80. The number of carbonyl (C=O) groups excluding carboxylic acids is 1. The lowest BCUT2D eigenvalue weighted by atomic mass is 9.88. The van der Waals surface area contributed by atoms with Gasteiger partial charge in [0.2, 0.25) is 5.75 Å². The SMILES string of the molecule is COc1cc(C2=NC(=O)N=C3C=CC(Cl)=CC32)cc(OC)c1OC. The molecular formula is C17H15ClN2O4. The van der Waals surface area contributed by atoms with Crippen LogP contribution in [-0.2, 0) is 0 Å². The lowest BCUT2D eigenvalue weighted by molar-refractivity contribution is 0.256. The van der Waals surface area contributed by atoms with Gasteiger partial charge in [-0.3, -0.25) is 0 Å². The lowest BCUT2D eigenvalue weighted by Crippen LogP contribution is -2.28. The van der Waals surface area contributed by atoms with E-state index in [9.17, 15) is 4.79 Å². The Hall–Kier alpha value is -2.60. The monoisotopic (exact) mass is 346 g/mol. The molecule has 0 spiro atoms. The van der Waals surface area contributed by atoms with E-state index in [0.717, 1.165) is 0 Å². The first-order valence-electron chi connectivity index (χ1n) is 7.14. The van der Waals surface area contributed by atoms with Crippen LogP contribution in [0, 0.1) is 5.92 Å². The third-order valence-electron chi connectivity index (χ3n) is 3.75. The van der Waals surface area contributed by atoms with E-state index in [2.05, 4.69) is 9.98 Å². The summed E-state index contributed by atoms with van der Waals surface area (Å²) in [5.41, 5.74) is 1.81. The molecule has 0 aromatic heterocycles. The number of hydrogen-bond donors (Lipinski definition) is 0. The Bertz CT molecular complexity index is 799. The molecule has 7 heteroatoms. The van der Waals surface area contributed by atoms with E-state index in [1.807, 2.05) is 0 Å². The van der Waals surface area contributed by atoms with Gasteiger partial charge in [-0.1, -0.05) is 17.7 Å². The fourth-order valence-electron chi connectivity index (χ4n) is 2.68. The second kappa shape index (κ2) is 6.49. The molecule has 6 nitrogen and oxygen atoms in total. The zero-order valence-electron chi connectivity index (χ0n) is 13.4. The number of benzene rings is 1. The molecule has 2 amide bonds. The number of carbonyl (C=O) groups is 1. The number of methoxy groups -OCH3 is 3. The summed E-state index contributed by atoms with van der Waals surface area (Å²) in [5.74, 6) is 1.13. The molecule has 1 heterocycles. The van der Waals surface area contributed by atoms with Crippen molar-refractivity contribution in [2.24, 2.45) is 15.9 Å². The highest BCUT2D eigenvalue weighted by Gasteiger charge is 2.29. The van der Waals surface area contributed by atoms with Crippen LogP contribution in [0.15, 0.2) is 45.4 Å². The van der Waals surface area contributed by atoms with Crippen molar-refractivity contribution in [3.8, 4) is 17.2 Å². The molecule has 1 aliphatic heterocycles. The van der Waals surface area contributed by atoms with E-state index < -0.39 is 6.03 Å². The number of amides is 2. The van der Waals surface area contributed by atoms with Gasteiger partial charge in [0.05, 0.1) is 38.7 Å². The molecule has 3 rings (SSSR count). The molecule has 0 N–H and O–H groups in total. The number of nitrogens with zero attached hydrogens (tertiary/aromatic N) is 2. The minimum atomic E-state index is -0.555. The first kappa shape index (κ1) is 16.3. The highest BCUT2D eigenvalue weighted by Crippen LogP contribution is 2.39. The number of rotatable bonds is 4. The first-order valence-corrected chi connectivity index (χ1v) is 7.52. The molecule has 0 fully saturated rings. The van der Waals surface area contributed by atoms with E-state index >= 15 is 0 Å². The Morgan fingerprint density at radius 2 is 1.67 bits per heavy atom. The average Bonchev–Trinajstić information content (AvgIpc) is 2.60. The number of hydrogen-bond acceptors (Lipinski definition) is 4. The van der Waals surface area contributed by atoms with Gasteiger partial charge >= 0.3 is 6.03 Å². The molecule has 0 saturated heterocycles. The summed E-state index contributed by atoms with van der Waals surface area (Å²) in [7, 11) is 4.59. The van der Waals surface area contributed by atoms with Crippen molar-refractivity contribution in [3.05, 3.63) is 41.0 Å². The van der Waals surface area contributed by atoms with Crippen LogP contribution in [0.4, 0.5) is 4.79 Å². The van der Waals surface area contributed by atoms with Crippen molar-refractivity contribution in [1.29, 1.82) is 0 Å². The normalized spacial score (nSPS) is 19.1. The van der Waals surface area contributed by atoms with Crippen LogP contribution in [0.2, 0.25) is 0 Å². The maximum atomic E-state index is 11.9. The summed E-state index contributed by atoms with van der Waals surface area (Å²) in [6, 6.07) is 2.94. The molecular weight excluding hydrogens is 332 g/mol. The van der Waals surface area contributed by atoms with Crippen molar-refractivity contribution >= 4 is 29.1 Å². The van der Waals surface area contributed by atoms with Gasteiger partial charge in [-0.05, 0) is 24.3 Å². The molecule has 124 valence electrons. The smallest absolute Gasteiger partial charge is 0.367 e. The molecule has 1 aromatic rings. The van der Waals surface area contributed by atoms with Gasteiger partial charge in [-0.25, -0.2) is 4.79 Å². The number of urea groups is 1. The van der Waals surface area contributed by atoms with Crippen LogP contribution in [0.3, 0.4) is 0 Å². The van der Waals surface area contributed by atoms with Gasteiger partial charge in [-0.2, -0.15) is 9.98 Å². The molecule has 1 atom stereocenters. The fourth-order valence-corrected chi connectivity index (χ4v) is 2.86. The number of fused-ring (bicyclic) bond motifs is 1. The maximum absolute atomic E-state index is 11.9. The number of aliphatic imine (C=N–C) groups is 2. The Labute approximate surface area is 144 Å². The number of halogens is 1. The molecule has 24 heavy (non-hydrogen) atoms. The second-order valence-corrected chi connectivity index (χ2v) is 5.53. The van der Waals surface area contributed by atoms with Gasteiger partial charge in [0.25, 0.3) is 0 Å². The Balaban J connectivity index is 2.14. The standard InChI is InChI=1S/C17H15ClN2O4/c1-22-13-6-9(7-14(23-2)16(13)24-3)15-11-8-10(18)4-5-12(11)19-17(21)20-15/h4-8,11H,1-3H3. The van der Waals surface area contributed by atoms with Gasteiger partial charge in [0, 0.05) is 10.6 Å². The van der Waals surface area contributed by atoms with Crippen LogP contribution in [0.25, 0.3) is 0 Å². The van der Waals surface area contributed by atoms with Crippen LogP contribution in [-0.4, -0.2) is 38.8 Å². The average molecular weight is 347 g/mol. The summed E-state index contributed by atoms with van der Waals surface area (Å²) in [6.45, 7) is 0. The first-order chi connectivity index (χ1) is 11.6. The van der Waals surface area contributed by atoms with E-state index in [0.29, 0.717) is 39.3 Å². The molecule has 1 aromatic carbocycles. The quantitative estimate of drug-likeness (QED) is 0.838. The zero-order valence-corrected chi connectivity index (χ0v) is 14.1. The summed E-state index contributed by atoms with van der Waals surface area (Å²) in [6.07, 6.45) is 5.22. The highest BCUT2D eigenvalue weighted by molar-refractivity contribution is 6.34. The van der Waals surface area contributed by atoms with Crippen LogP contribution >= 0.6 is 11.6 Å². The Morgan fingerprint density at radius 1 is 1.00 bits per heavy atom. The molecule has 0 bridgehead atoms. The van der Waals surface area contributed by atoms with Gasteiger partial charge in [-0.15, -0.1) is 0 Å². The molecule has 0 saturated carbocycles. The van der Waals surface area contributed by atoms with Crippen molar-refractivity contribution in [2.75, 3.05) is 21.3 Å². The number of allylic oxidation sites excluding steroid dienone is 4. The molecule has 1 unspecified atom stereocenters. The van der Waals surface area contributed by atoms with E-state index in [1.165, 1.54) is 21.3 Å². The minimum absolute atomic E-state index is 0.303. The highest BCUT2D eigenvalue weighted by atomic mass is 35.5. The van der Waals surface area contributed by atoms with Crippen LogP contribution in [0.5, 0.6) is 17.2 Å². The number of ether oxygens (including phenoxy) is 3. The Kier molecular flexibility index (Phi) is 4.40. The van der Waals surface area contributed by atoms with E-state index in [1.54, 1.807) is 30.4 Å². The topological polar surface area (TPSA) is 69.5 Å². The lowest BCUT2D eigenvalue weighted by Gasteiger charge is -2.23. The molecule has 2 aliphatic rings. The summed E-state index contributed by atoms with van der Waals surface area (Å²) >= 11 is 6.10. The van der Waals surface area contributed by atoms with Crippen molar-refractivity contribution in [1.82, 2.24) is 0 Å². The van der Waals surface area contributed by atoms with E-state index in [4.69, 9.17) is 25.8 Å². The second-order valence-electron chi connectivity index (χ2n) is 5.09. The van der Waals surface area contributed by atoms with Gasteiger partial charge in [0.15, 0.2) is 11.5 Å². The van der Waals surface area contributed by atoms with Gasteiger partial charge in [0.1, 0.15) is 0 Å². The van der Waals surface area contributed by atoms with Crippen LogP contribution in [0.1, 0.15) is 5.56 Å². The third-order valence-corrected chi connectivity index (χ3v) is 4.01. The van der Waals surface area contributed by atoms with E-state index in [-0.39, 0.29) is 5.92 Å². The zero-order chi connectivity index (χ0) is 17.3. The van der Waals surface area contributed by atoms with Crippen molar-refractivity contribution < 1.29 is 19.0 Å². The molecule has 1 aliphatic carbocycles. The maximum Gasteiger partial charge on any atom is 0.367 e. The predicted molar refractivity (Wildman–Crippen MR) is 92.0 cm³/mol. The van der Waals surface area contributed by atoms with Crippen molar-refractivity contribution in [3.63, 3.8) is 0 Å². The fraction of sp³-hybridized carbons (Fsp3) is 0.235. The summed E-state index contributed by atoms with van der Waals surface area (Å²) in [5, 5.41) is 0.563. The summed E-state index contributed by atoms with van der Waals surface area (Å²) in [4.78, 5) is 19.9. The minimum Gasteiger partial charge on any atom is -0.493 e. The van der Waals surface area contributed by atoms with Gasteiger partial charge < -0.3 is 14.2 Å². The Morgan fingerprint density at radius 3 is 2.25 bits per heavy atom. The largest absolute Gasteiger partial charge is 0.493 e. The predicted octanol–water partition coefficient (Wildman–Crippen LogP) is 3.38. The van der Waals surface area contributed by atoms with Crippen LogP contribution < -0.4 is 14.2 Å².